The molecule has 3 rings (SSSR count). The molecule has 1 N–H and O–H groups in total. The van der Waals surface area contributed by atoms with Crippen molar-refractivity contribution < 1.29 is 9.90 Å². The van der Waals surface area contributed by atoms with E-state index < -0.39 is 0 Å². The quantitative estimate of drug-likeness (QED) is 0.876. The van der Waals surface area contributed by atoms with Gasteiger partial charge in [-0.05, 0) is 54.0 Å². The van der Waals surface area contributed by atoms with Crippen LogP contribution in [0.15, 0.2) is 48.5 Å². The number of amides is 1. The number of hydrogen-bond donors (Lipinski definition) is 1. The first-order valence-electron chi connectivity index (χ1n) is 8.72. The van der Waals surface area contributed by atoms with Crippen molar-refractivity contribution in [2.24, 2.45) is 0 Å². The van der Waals surface area contributed by atoms with E-state index in [0.717, 1.165) is 23.5 Å². The molecule has 3 heteroatoms. The highest BCUT2D eigenvalue weighted by Crippen LogP contribution is 2.36. The van der Waals surface area contributed by atoms with Gasteiger partial charge < -0.3 is 10.0 Å². The molecule has 0 unspecified atom stereocenters. The van der Waals surface area contributed by atoms with Crippen molar-refractivity contribution in [1.29, 1.82) is 0 Å². The van der Waals surface area contributed by atoms with Crippen LogP contribution in [0.1, 0.15) is 41.9 Å². The van der Waals surface area contributed by atoms with E-state index in [4.69, 9.17) is 0 Å². The fourth-order valence-electron chi connectivity index (χ4n) is 3.09. The summed E-state index contributed by atoms with van der Waals surface area (Å²) in [5.41, 5.74) is 3.53. The van der Waals surface area contributed by atoms with Gasteiger partial charge in [0.15, 0.2) is 0 Å². The van der Waals surface area contributed by atoms with Crippen LogP contribution >= 0.6 is 0 Å². The molecule has 0 radical (unpaired) electrons. The Balaban J connectivity index is 1.50. The van der Waals surface area contributed by atoms with Crippen molar-refractivity contribution in [3.63, 3.8) is 0 Å². The summed E-state index contributed by atoms with van der Waals surface area (Å²) in [4.78, 5) is 14.1. The minimum atomic E-state index is 0.131. The second kappa shape index (κ2) is 7.52. The van der Waals surface area contributed by atoms with Crippen LogP contribution < -0.4 is 0 Å². The van der Waals surface area contributed by atoms with Crippen LogP contribution in [-0.4, -0.2) is 29.5 Å². The molecule has 0 spiro atoms. The fraction of sp³-hybridized carbons (Fsp3) is 0.381. The largest absolute Gasteiger partial charge is 0.508 e. The molecule has 126 valence electrons. The summed E-state index contributed by atoms with van der Waals surface area (Å²) in [6, 6.07) is 15.7. The Morgan fingerprint density at radius 1 is 1.12 bits per heavy atom. The molecular formula is C21H25NO2. The number of rotatable bonds is 6. The summed E-state index contributed by atoms with van der Waals surface area (Å²) in [6.45, 7) is 0.655. The minimum absolute atomic E-state index is 0.131. The lowest BCUT2D eigenvalue weighted by atomic mass is 9.80. The molecule has 1 saturated carbocycles. The molecule has 2 aromatic carbocycles. The Labute approximate surface area is 143 Å². The van der Waals surface area contributed by atoms with Crippen molar-refractivity contribution in [2.75, 3.05) is 13.6 Å². The predicted octanol–water partition coefficient (Wildman–Crippen LogP) is 3.90. The maximum absolute atomic E-state index is 12.4. The van der Waals surface area contributed by atoms with Crippen molar-refractivity contribution >= 4 is 5.91 Å². The number of benzene rings is 2. The molecule has 1 aliphatic rings. The normalized spacial score (nSPS) is 14.2. The summed E-state index contributed by atoms with van der Waals surface area (Å²) in [5, 5.41) is 9.49. The summed E-state index contributed by atoms with van der Waals surface area (Å²) in [7, 11) is 1.84. The molecule has 0 aromatic heterocycles. The van der Waals surface area contributed by atoms with Crippen molar-refractivity contribution in [3.05, 3.63) is 65.2 Å². The number of hydrogen-bond acceptors (Lipinski definition) is 2. The van der Waals surface area contributed by atoms with Crippen LogP contribution in [-0.2, 0) is 17.6 Å². The molecule has 1 aliphatic carbocycles. The van der Waals surface area contributed by atoms with E-state index in [0.29, 0.717) is 13.0 Å². The summed E-state index contributed by atoms with van der Waals surface area (Å²) in [5.74, 6) is 1.14. The highest BCUT2D eigenvalue weighted by Gasteiger charge is 2.19. The maximum Gasteiger partial charge on any atom is 0.226 e. The van der Waals surface area contributed by atoms with Gasteiger partial charge in [0.1, 0.15) is 5.75 Å². The average Bonchev–Trinajstić information content (AvgIpc) is 2.53. The smallest absolute Gasteiger partial charge is 0.226 e. The van der Waals surface area contributed by atoms with Gasteiger partial charge in [0, 0.05) is 13.6 Å². The van der Waals surface area contributed by atoms with Crippen molar-refractivity contribution in [3.8, 4) is 5.75 Å². The summed E-state index contributed by atoms with van der Waals surface area (Å²) in [6.07, 6.45) is 5.14. The molecule has 24 heavy (non-hydrogen) atoms. The number of carbonyl (C=O) groups is 1. The van der Waals surface area contributed by atoms with E-state index in [2.05, 4.69) is 24.3 Å². The number of carbonyl (C=O) groups excluding carboxylic acids is 1. The van der Waals surface area contributed by atoms with Gasteiger partial charge in [-0.1, -0.05) is 42.8 Å². The van der Waals surface area contributed by atoms with Gasteiger partial charge in [-0.2, -0.15) is 0 Å². The highest BCUT2D eigenvalue weighted by atomic mass is 16.3. The van der Waals surface area contributed by atoms with Gasteiger partial charge >= 0.3 is 0 Å². The monoisotopic (exact) mass is 323 g/mol. The highest BCUT2D eigenvalue weighted by molar-refractivity contribution is 5.78. The van der Waals surface area contributed by atoms with Crippen LogP contribution in [0.25, 0.3) is 0 Å². The molecule has 2 aromatic rings. The molecule has 1 fully saturated rings. The lowest BCUT2D eigenvalue weighted by molar-refractivity contribution is -0.129. The molecule has 0 saturated heterocycles. The molecule has 1 amide bonds. The lowest BCUT2D eigenvalue weighted by Gasteiger charge is -2.25. The van der Waals surface area contributed by atoms with Gasteiger partial charge in [-0.3, -0.25) is 4.79 Å². The molecule has 0 atom stereocenters. The molecule has 3 nitrogen and oxygen atoms in total. The fourth-order valence-corrected chi connectivity index (χ4v) is 3.09. The first-order valence-corrected chi connectivity index (χ1v) is 8.72. The van der Waals surface area contributed by atoms with E-state index in [9.17, 15) is 9.90 Å². The van der Waals surface area contributed by atoms with E-state index >= 15 is 0 Å². The number of phenols is 1. The first kappa shape index (κ1) is 16.6. The molecule has 0 aliphatic heterocycles. The predicted molar refractivity (Wildman–Crippen MR) is 96.2 cm³/mol. The van der Waals surface area contributed by atoms with E-state index in [1.165, 1.54) is 24.8 Å². The van der Waals surface area contributed by atoms with Crippen LogP contribution in [0.4, 0.5) is 0 Å². The van der Waals surface area contributed by atoms with Gasteiger partial charge in [-0.25, -0.2) is 0 Å². The second-order valence-corrected chi connectivity index (χ2v) is 6.78. The Morgan fingerprint density at radius 2 is 1.88 bits per heavy atom. The minimum Gasteiger partial charge on any atom is -0.508 e. The zero-order valence-electron chi connectivity index (χ0n) is 14.2. The van der Waals surface area contributed by atoms with E-state index in [1.54, 1.807) is 17.0 Å². The zero-order valence-corrected chi connectivity index (χ0v) is 14.2. The third kappa shape index (κ3) is 4.16. The maximum atomic E-state index is 12.4. The zero-order chi connectivity index (χ0) is 16.9. The third-order valence-corrected chi connectivity index (χ3v) is 4.98. The Morgan fingerprint density at radius 3 is 2.50 bits per heavy atom. The average molecular weight is 323 g/mol. The third-order valence-electron chi connectivity index (χ3n) is 4.98. The number of likely N-dealkylation sites (N-methyl/N-ethyl adjacent to an activating group) is 1. The summed E-state index contributed by atoms with van der Waals surface area (Å²) >= 11 is 0. The first-order chi connectivity index (χ1) is 11.6. The van der Waals surface area contributed by atoms with Gasteiger partial charge in [-0.15, -0.1) is 0 Å². The van der Waals surface area contributed by atoms with Gasteiger partial charge in [0.25, 0.3) is 0 Å². The number of nitrogens with zero attached hydrogens (tertiary/aromatic N) is 1. The number of aromatic hydroxyl groups is 1. The van der Waals surface area contributed by atoms with Crippen LogP contribution in [0.2, 0.25) is 0 Å². The Bertz CT molecular complexity index is 689. The van der Waals surface area contributed by atoms with E-state index in [1.807, 2.05) is 19.2 Å². The topological polar surface area (TPSA) is 40.5 Å². The van der Waals surface area contributed by atoms with Crippen LogP contribution in [0.3, 0.4) is 0 Å². The SMILES string of the molecule is CN(CCc1cccc(O)c1)C(=O)Cc1ccc(C2CCC2)cc1. The van der Waals surface area contributed by atoms with E-state index in [-0.39, 0.29) is 11.7 Å². The second-order valence-electron chi connectivity index (χ2n) is 6.78. The van der Waals surface area contributed by atoms with Crippen molar-refractivity contribution in [1.82, 2.24) is 4.90 Å². The van der Waals surface area contributed by atoms with Crippen LogP contribution in [0, 0.1) is 0 Å². The van der Waals surface area contributed by atoms with Gasteiger partial charge in [0.05, 0.1) is 6.42 Å². The van der Waals surface area contributed by atoms with Crippen LogP contribution in [0.5, 0.6) is 5.75 Å². The molecule has 0 bridgehead atoms. The number of phenolic OH excluding ortho intramolecular Hbond substituents is 1. The summed E-state index contributed by atoms with van der Waals surface area (Å²) < 4.78 is 0. The van der Waals surface area contributed by atoms with Gasteiger partial charge in [0.2, 0.25) is 5.91 Å². The lowest BCUT2D eigenvalue weighted by Crippen LogP contribution is -2.30. The standard InChI is InChI=1S/C21H25NO2/c1-22(13-12-16-4-2-7-20(23)14-16)21(24)15-17-8-10-19(11-9-17)18-5-3-6-18/h2,4,7-11,14,18,23H,3,5-6,12-13,15H2,1H3. The molecule has 0 heterocycles. The molecular weight excluding hydrogens is 298 g/mol. The Hall–Kier alpha value is -2.29. The van der Waals surface area contributed by atoms with Crippen molar-refractivity contribution in [2.45, 2.75) is 38.0 Å². The Kier molecular flexibility index (Phi) is 5.19.